The highest BCUT2D eigenvalue weighted by atomic mass is 16.5. The van der Waals surface area contributed by atoms with Gasteiger partial charge in [0.05, 0.1) is 18.0 Å². The van der Waals surface area contributed by atoms with Gasteiger partial charge in [-0.15, -0.1) is 10.2 Å². The van der Waals surface area contributed by atoms with E-state index in [2.05, 4.69) is 27.1 Å². The Labute approximate surface area is 174 Å². The summed E-state index contributed by atoms with van der Waals surface area (Å²) in [4.78, 5) is 26.0. The Balaban J connectivity index is 1.93. The summed E-state index contributed by atoms with van der Waals surface area (Å²) in [6, 6.07) is 7.43. The first-order chi connectivity index (χ1) is 14.7. The second-order valence-corrected chi connectivity index (χ2v) is 6.78. The van der Waals surface area contributed by atoms with Crippen LogP contribution in [0.1, 0.15) is 43.3 Å². The lowest BCUT2D eigenvalue weighted by molar-refractivity contribution is -0.144. The first kappa shape index (κ1) is 19.6. The molecule has 4 aromatic heterocycles. The third-order valence-electron chi connectivity index (χ3n) is 4.75. The number of esters is 1. The number of carbonyl (C=O) groups is 1. The van der Waals surface area contributed by atoms with Crippen molar-refractivity contribution in [2.75, 3.05) is 6.61 Å². The Kier molecular flexibility index (Phi) is 5.74. The van der Waals surface area contributed by atoms with Gasteiger partial charge in [0.2, 0.25) is 0 Å². The van der Waals surface area contributed by atoms with Crippen molar-refractivity contribution in [2.24, 2.45) is 0 Å². The number of fused-ring (bicyclic) bond motifs is 1. The molecule has 4 rings (SSSR count). The zero-order valence-corrected chi connectivity index (χ0v) is 16.9. The van der Waals surface area contributed by atoms with Crippen molar-refractivity contribution in [3.63, 3.8) is 0 Å². The van der Waals surface area contributed by atoms with Crippen molar-refractivity contribution in [2.45, 2.75) is 32.6 Å². The number of nitrogens with zero attached hydrogens (tertiary/aromatic N) is 6. The van der Waals surface area contributed by atoms with E-state index in [9.17, 15) is 4.79 Å². The van der Waals surface area contributed by atoms with Crippen molar-refractivity contribution in [1.29, 1.82) is 0 Å². The Hall–Kier alpha value is -3.68. The SMILES string of the molecule is CCCc1nc(-c2ccncc2)cn2c(C(C(=O)OCC)c3cccnc3)nnc12. The van der Waals surface area contributed by atoms with Crippen LogP contribution < -0.4 is 0 Å². The van der Waals surface area contributed by atoms with E-state index in [0.29, 0.717) is 17.0 Å². The van der Waals surface area contributed by atoms with E-state index >= 15 is 0 Å². The molecule has 0 aliphatic carbocycles. The van der Waals surface area contributed by atoms with Crippen molar-refractivity contribution in [3.05, 3.63) is 72.3 Å². The molecule has 0 radical (unpaired) electrons. The predicted octanol–water partition coefficient (Wildman–Crippen LogP) is 3.23. The van der Waals surface area contributed by atoms with Gasteiger partial charge in [0.1, 0.15) is 5.92 Å². The van der Waals surface area contributed by atoms with E-state index in [1.807, 2.05) is 28.8 Å². The molecular weight excluding hydrogens is 380 g/mol. The number of aryl methyl sites for hydroxylation is 1. The fourth-order valence-corrected chi connectivity index (χ4v) is 3.40. The predicted molar refractivity (Wildman–Crippen MR) is 111 cm³/mol. The minimum absolute atomic E-state index is 0.275. The summed E-state index contributed by atoms with van der Waals surface area (Å²) in [6.07, 6.45) is 10.3. The van der Waals surface area contributed by atoms with Gasteiger partial charge in [-0.25, -0.2) is 4.98 Å². The van der Waals surface area contributed by atoms with Crippen LogP contribution in [-0.2, 0) is 16.0 Å². The van der Waals surface area contributed by atoms with Gasteiger partial charge in [0.15, 0.2) is 11.5 Å². The molecule has 0 aliphatic heterocycles. The van der Waals surface area contributed by atoms with Gasteiger partial charge in [-0.05, 0) is 37.1 Å². The first-order valence-electron chi connectivity index (χ1n) is 9.94. The average Bonchev–Trinajstić information content (AvgIpc) is 3.20. The average molecular weight is 402 g/mol. The Bertz CT molecular complexity index is 1140. The maximum absolute atomic E-state index is 12.9. The molecule has 0 saturated heterocycles. The molecule has 0 aromatic carbocycles. The Morgan fingerprint density at radius 1 is 1.10 bits per heavy atom. The van der Waals surface area contributed by atoms with Crippen molar-refractivity contribution in [1.82, 2.24) is 29.5 Å². The highest BCUT2D eigenvalue weighted by Crippen LogP contribution is 2.27. The van der Waals surface area contributed by atoms with Crippen molar-refractivity contribution >= 4 is 11.6 Å². The molecule has 0 N–H and O–H groups in total. The van der Waals surface area contributed by atoms with Crippen LogP contribution in [0.15, 0.2) is 55.2 Å². The molecule has 4 aromatic rings. The summed E-state index contributed by atoms with van der Waals surface area (Å²) < 4.78 is 7.20. The van der Waals surface area contributed by atoms with Gasteiger partial charge in [0.25, 0.3) is 0 Å². The molecule has 1 atom stereocenters. The Morgan fingerprint density at radius 3 is 2.63 bits per heavy atom. The second-order valence-electron chi connectivity index (χ2n) is 6.78. The maximum atomic E-state index is 12.9. The van der Waals surface area contributed by atoms with Crippen molar-refractivity contribution in [3.8, 4) is 11.3 Å². The zero-order chi connectivity index (χ0) is 20.9. The zero-order valence-electron chi connectivity index (χ0n) is 16.9. The monoisotopic (exact) mass is 402 g/mol. The molecule has 4 heterocycles. The van der Waals surface area contributed by atoms with Crippen LogP contribution in [-0.4, -0.2) is 42.1 Å². The highest BCUT2D eigenvalue weighted by molar-refractivity contribution is 5.81. The molecule has 8 heteroatoms. The van der Waals surface area contributed by atoms with E-state index in [0.717, 1.165) is 29.8 Å². The molecule has 152 valence electrons. The lowest BCUT2D eigenvalue weighted by atomic mass is 10.00. The summed E-state index contributed by atoms with van der Waals surface area (Å²) >= 11 is 0. The molecule has 0 amide bonds. The quantitative estimate of drug-likeness (QED) is 0.438. The fraction of sp³-hybridized carbons (Fsp3) is 0.273. The number of carbonyl (C=O) groups excluding carboxylic acids is 1. The third kappa shape index (κ3) is 3.76. The molecule has 0 bridgehead atoms. The van der Waals surface area contributed by atoms with Gasteiger partial charge in [-0.1, -0.05) is 19.4 Å². The van der Waals surface area contributed by atoms with E-state index in [-0.39, 0.29) is 12.6 Å². The van der Waals surface area contributed by atoms with Crippen LogP contribution >= 0.6 is 0 Å². The van der Waals surface area contributed by atoms with Gasteiger partial charge >= 0.3 is 5.97 Å². The number of pyridine rings is 2. The number of aromatic nitrogens is 6. The van der Waals surface area contributed by atoms with Gasteiger partial charge in [0, 0.05) is 36.5 Å². The Morgan fingerprint density at radius 2 is 1.93 bits per heavy atom. The number of rotatable bonds is 7. The van der Waals surface area contributed by atoms with E-state index in [4.69, 9.17) is 9.72 Å². The maximum Gasteiger partial charge on any atom is 0.321 e. The number of ether oxygens (including phenoxy) is 1. The smallest absolute Gasteiger partial charge is 0.321 e. The molecule has 0 aliphatic rings. The largest absolute Gasteiger partial charge is 0.465 e. The summed E-state index contributed by atoms with van der Waals surface area (Å²) in [5, 5.41) is 8.76. The van der Waals surface area contributed by atoms with Gasteiger partial charge < -0.3 is 4.74 Å². The summed E-state index contributed by atoms with van der Waals surface area (Å²) in [5.41, 5.74) is 3.87. The molecular formula is C22H22N6O2. The number of hydrogen-bond donors (Lipinski definition) is 0. The summed E-state index contributed by atoms with van der Waals surface area (Å²) in [5.74, 6) is -0.651. The number of hydrogen-bond acceptors (Lipinski definition) is 7. The van der Waals surface area contributed by atoms with Crippen LogP contribution in [0.3, 0.4) is 0 Å². The lowest BCUT2D eigenvalue weighted by Gasteiger charge is -2.15. The van der Waals surface area contributed by atoms with Crippen LogP contribution in [0.4, 0.5) is 0 Å². The highest BCUT2D eigenvalue weighted by Gasteiger charge is 2.30. The minimum atomic E-state index is -0.740. The molecule has 30 heavy (non-hydrogen) atoms. The lowest BCUT2D eigenvalue weighted by Crippen LogP contribution is -2.20. The standard InChI is InChI=1S/C22H22N6O2/c1-3-6-17-20-26-27-21(19(22(29)30-4-2)16-7-5-10-24-13-16)28(20)14-18(25-17)15-8-11-23-12-9-15/h5,7-14,19H,3-4,6H2,1-2H3. The summed E-state index contributed by atoms with van der Waals surface area (Å²) in [7, 11) is 0. The topological polar surface area (TPSA) is 95.2 Å². The van der Waals surface area contributed by atoms with Crippen LogP contribution in [0.5, 0.6) is 0 Å². The second kappa shape index (κ2) is 8.77. The fourth-order valence-electron chi connectivity index (χ4n) is 3.40. The molecule has 1 unspecified atom stereocenters. The van der Waals surface area contributed by atoms with Gasteiger partial charge in [-0.2, -0.15) is 0 Å². The van der Waals surface area contributed by atoms with Crippen LogP contribution in [0.25, 0.3) is 16.9 Å². The molecule has 0 saturated carbocycles. The van der Waals surface area contributed by atoms with E-state index in [1.165, 1.54) is 0 Å². The molecule has 0 spiro atoms. The third-order valence-corrected chi connectivity index (χ3v) is 4.75. The minimum Gasteiger partial charge on any atom is -0.465 e. The normalized spacial score (nSPS) is 12.1. The molecule has 8 nitrogen and oxygen atoms in total. The van der Waals surface area contributed by atoms with E-state index < -0.39 is 5.92 Å². The van der Waals surface area contributed by atoms with Crippen LogP contribution in [0.2, 0.25) is 0 Å². The van der Waals surface area contributed by atoms with Crippen molar-refractivity contribution < 1.29 is 9.53 Å². The molecule has 0 fully saturated rings. The first-order valence-corrected chi connectivity index (χ1v) is 9.94. The van der Waals surface area contributed by atoms with E-state index in [1.54, 1.807) is 37.8 Å². The van der Waals surface area contributed by atoms with Gasteiger partial charge in [-0.3, -0.25) is 19.2 Å². The van der Waals surface area contributed by atoms with Crippen LogP contribution in [0, 0.1) is 0 Å². The summed E-state index contributed by atoms with van der Waals surface area (Å²) in [6.45, 7) is 4.15.